The Balaban J connectivity index is 1.98. The smallest absolute Gasteiger partial charge is 0.374 e. The van der Waals surface area contributed by atoms with Crippen LogP contribution >= 0.6 is 27.5 Å². The molecule has 0 aliphatic carbocycles. The Morgan fingerprint density at radius 2 is 2.05 bits per heavy atom. The Kier molecular flexibility index (Phi) is 5.03. The number of furan rings is 1. The van der Waals surface area contributed by atoms with Gasteiger partial charge in [0.1, 0.15) is 5.75 Å². The lowest BCUT2D eigenvalue weighted by Crippen LogP contribution is -2.13. The second kappa shape index (κ2) is 6.78. The number of carbonyl (C=O) groups is 2. The fourth-order valence-electron chi connectivity index (χ4n) is 1.55. The van der Waals surface area contributed by atoms with Crippen LogP contribution < -0.4 is 4.74 Å². The number of ether oxygens (including phenoxy) is 2. The Morgan fingerprint density at radius 1 is 1.29 bits per heavy atom. The van der Waals surface area contributed by atoms with Crippen molar-refractivity contribution in [2.24, 2.45) is 0 Å². The number of hydrogen-bond donors (Lipinski definition) is 0. The highest BCUT2D eigenvalue weighted by atomic mass is 79.9. The summed E-state index contributed by atoms with van der Waals surface area (Å²) in [4.78, 5) is 23.5. The molecule has 0 N–H and O–H groups in total. The molecule has 2 rings (SSSR count). The number of carbonyl (C=O) groups excluding carboxylic acids is 2. The highest BCUT2D eigenvalue weighted by Crippen LogP contribution is 2.25. The van der Waals surface area contributed by atoms with Crippen LogP contribution in [-0.4, -0.2) is 25.5 Å². The zero-order chi connectivity index (χ0) is 15.4. The number of esters is 1. The van der Waals surface area contributed by atoms with Crippen LogP contribution in [-0.2, 0) is 4.74 Å². The van der Waals surface area contributed by atoms with E-state index in [9.17, 15) is 9.59 Å². The van der Waals surface area contributed by atoms with Crippen molar-refractivity contribution in [3.8, 4) is 5.75 Å². The van der Waals surface area contributed by atoms with Crippen LogP contribution in [0.4, 0.5) is 0 Å². The summed E-state index contributed by atoms with van der Waals surface area (Å²) < 4.78 is 15.3. The number of methoxy groups -OCH3 is 1. The summed E-state index contributed by atoms with van der Waals surface area (Å²) in [5.41, 5.74) is 0.328. The van der Waals surface area contributed by atoms with Crippen molar-refractivity contribution in [2.75, 3.05) is 13.7 Å². The van der Waals surface area contributed by atoms with Crippen molar-refractivity contribution in [1.29, 1.82) is 0 Å². The molecule has 1 heterocycles. The predicted molar refractivity (Wildman–Crippen MR) is 79.0 cm³/mol. The molecular formula is C14H10BrClO5. The molecule has 0 atom stereocenters. The van der Waals surface area contributed by atoms with Crippen molar-refractivity contribution in [1.82, 2.24) is 0 Å². The molecule has 0 aliphatic heterocycles. The van der Waals surface area contributed by atoms with E-state index >= 15 is 0 Å². The molecule has 0 radical (unpaired) electrons. The van der Waals surface area contributed by atoms with Crippen LogP contribution in [0.1, 0.15) is 20.9 Å². The summed E-state index contributed by atoms with van der Waals surface area (Å²) in [6.45, 7) is -0.403. The lowest BCUT2D eigenvalue weighted by Gasteiger charge is -2.06. The Bertz CT molecular complexity index is 680. The molecule has 110 valence electrons. The van der Waals surface area contributed by atoms with Crippen molar-refractivity contribution < 1.29 is 23.5 Å². The van der Waals surface area contributed by atoms with Gasteiger partial charge in [0.25, 0.3) is 0 Å². The van der Waals surface area contributed by atoms with Crippen LogP contribution in [0.15, 0.2) is 39.4 Å². The molecule has 5 nitrogen and oxygen atoms in total. The van der Waals surface area contributed by atoms with Crippen molar-refractivity contribution in [3.05, 3.63) is 51.3 Å². The standard InChI is InChI=1S/C14H10BrClO5/c1-19-11-3-2-8(6-9(11)16)10(17)7-20-14(18)12-4-5-13(15)21-12/h2-6H,7H2,1H3. The number of hydrogen-bond acceptors (Lipinski definition) is 5. The first-order chi connectivity index (χ1) is 10.0. The summed E-state index contributed by atoms with van der Waals surface area (Å²) >= 11 is 9.00. The molecule has 1 aromatic carbocycles. The highest BCUT2D eigenvalue weighted by Gasteiger charge is 2.15. The normalized spacial score (nSPS) is 10.2. The van der Waals surface area contributed by atoms with E-state index in [0.717, 1.165) is 0 Å². The number of halogens is 2. The first-order valence-electron chi connectivity index (χ1n) is 5.80. The van der Waals surface area contributed by atoms with E-state index < -0.39 is 12.6 Å². The average molecular weight is 374 g/mol. The monoisotopic (exact) mass is 372 g/mol. The van der Waals surface area contributed by atoms with Gasteiger partial charge >= 0.3 is 5.97 Å². The van der Waals surface area contributed by atoms with E-state index in [-0.39, 0.29) is 11.5 Å². The maximum Gasteiger partial charge on any atom is 0.374 e. The van der Waals surface area contributed by atoms with Crippen LogP contribution in [0.25, 0.3) is 0 Å². The molecule has 0 saturated carbocycles. The zero-order valence-electron chi connectivity index (χ0n) is 10.9. The fourth-order valence-corrected chi connectivity index (χ4v) is 2.11. The first kappa shape index (κ1) is 15.6. The second-order valence-electron chi connectivity index (χ2n) is 3.95. The maximum atomic E-state index is 11.9. The summed E-state index contributed by atoms with van der Waals surface area (Å²) in [7, 11) is 1.48. The molecule has 21 heavy (non-hydrogen) atoms. The third-order valence-corrected chi connectivity index (χ3v) is 3.30. The predicted octanol–water partition coefficient (Wildman–Crippen LogP) is 3.74. The minimum absolute atomic E-state index is 0.0161. The SMILES string of the molecule is COc1ccc(C(=O)COC(=O)c2ccc(Br)o2)cc1Cl. The highest BCUT2D eigenvalue weighted by molar-refractivity contribution is 9.10. The van der Waals surface area contributed by atoms with Crippen molar-refractivity contribution in [3.63, 3.8) is 0 Å². The molecule has 0 unspecified atom stereocenters. The Morgan fingerprint density at radius 3 is 2.62 bits per heavy atom. The van der Waals surface area contributed by atoms with Crippen LogP contribution in [0.3, 0.4) is 0 Å². The topological polar surface area (TPSA) is 65.7 Å². The summed E-state index contributed by atoms with van der Waals surface area (Å²) in [5, 5.41) is 0.310. The Labute approximate surface area is 133 Å². The minimum Gasteiger partial charge on any atom is -0.495 e. The van der Waals surface area contributed by atoms with Gasteiger partial charge in [-0.05, 0) is 46.3 Å². The third-order valence-electron chi connectivity index (χ3n) is 2.58. The number of ketones is 1. The lowest BCUT2D eigenvalue weighted by atomic mass is 10.1. The molecule has 0 saturated heterocycles. The molecule has 2 aromatic rings. The van der Waals surface area contributed by atoms with Crippen LogP contribution in [0, 0.1) is 0 Å². The van der Waals surface area contributed by atoms with E-state index in [1.54, 1.807) is 18.2 Å². The largest absolute Gasteiger partial charge is 0.495 e. The molecular weight excluding hydrogens is 364 g/mol. The zero-order valence-corrected chi connectivity index (χ0v) is 13.2. The van der Waals surface area contributed by atoms with Crippen molar-refractivity contribution >= 4 is 39.3 Å². The van der Waals surface area contributed by atoms with Gasteiger partial charge in [0.05, 0.1) is 12.1 Å². The van der Waals surface area contributed by atoms with Gasteiger partial charge in [0.2, 0.25) is 5.76 Å². The second-order valence-corrected chi connectivity index (χ2v) is 5.14. The average Bonchev–Trinajstić information content (AvgIpc) is 2.91. The van der Waals surface area contributed by atoms with Crippen molar-refractivity contribution in [2.45, 2.75) is 0 Å². The maximum absolute atomic E-state index is 11.9. The van der Waals surface area contributed by atoms with Gasteiger partial charge in [-0.3, -0.25) is 4.79 Å². The molecule has 0 aliphatic rings. The van der Waals surface area contributed by atoms with Gasteiger partial charge in [0.15, 0.2) is 17.1 Å². The molecule has 0 amide bonds. The first-order valence-corrected chi connectivity index (χ1v) is 6.97. The van der Waals surface area contributed by atoms with Gasteiger partial charge in [-0.2, -0.15) is 0 Å². The van der Waals surface area contributed by atoms with Crippen LogP contribution in [0.5, 0.6) is 5.75 Å². The summed E-state index contributed by atoms with van der Waals surface area (Å²) in [5.74, 6) is -0.611. The van der Waals surface area contributed by atoms with Gasteiger partial charge < -0.3 is 13.9 Å². The summed E-state index contributed by atoms with van der Waals surface area (Å²) in [6.07, 6.45) is 0. The van der Waals surface area contributed by atoms with Crippen LogP contribution in [0.2, 0.25) is 5.02 Å². The molecule has 0 fully saturated rings. The van der Waals surface area contributed by atoms with Gasteiger partial charge in [0, 0.05) is 5.56 Å². The molecule has 1 aromatic heterocycles. The quantitative estimate of drug-likeness (QED) is 0.590. The van der Waals surface area contributed by atoms with Gasteiger partial charge in [-0.1, -0.05) is 11.6 Å². The third kappa shape index (κ3) is 3.86. The number of Topliss-reactive ketones (excluding diaryl/α,β-unsaturated/α-hetero) is 1. The molecule has 0 spiro atoms. The van der Waals surface area contributed by atoms with E-state index in [1.165, 1.54) is 19.2 Å². The fraction of sp³-hybridized carbons (Fsp3) is 0.143. The van der Waals surface area contributed by atoms with E-state index in [1.807, 2.05) is 0 Å². The molecule has 7 heteroatoms. The van der Waals surface area contributed by atoms with E-state index in [4.69, 9.17) is 25.5 Å². The molecule has 0 bridgehead atoms. The van der Waals surface area contributed by atoms with E-state index in [0.29, 0.717) is 21.0 Å². The summed E-state index contributed by atoms with van der Waals surface area (Å²) in [6, 6.07) is 7.58. The number of rotatable bonds is 5. The van der Waals surface area contributed by atoms with Gasteiger partial charge in [-0.15, -0.1) is 0 Å². The van der Waals surface area contributed by atoms with E-state index in [2.05, 4.69) is 15.9 Å². The minimum atomic E-state index is -0.714. The Hall–Kier alpha value is -1.79. The van der Waals surface area contributed by atoms with Gasteiger partial charge in [-0.25, -0.2) is 4.79 Å². The lowest BCUT2D eigenvalue weighted by molar-refractivity contribution is 0.0442. The number of benzene rings is 1.